The van der Waals surface area contributed by atoms with Crippen LogP contribution >= 0.6 is 0 Å². The van der Waals surface area contributed by atoms with Gasteiger partial charge in [0.15, 0.2) is 0 Å². The number of aromatic nitrogens is 1. The minimum atomic E-state index is -1.81. The highest BCUT2D eigenvalue weighted by Crippen LogP contribution is 2.24. The molecule has 136 valence electrons. The van der Waals surface area contributed by atoms with Gasteiger partial charge in [0.2, 0.25) is 11.8 Å². The third-order valence-electron chi connectivity index (χ3n) is 4.25. The topological polar surface area (TPSA) is 109 Å². The number of rotatable bonds is 4. The molecule has 0 bridgehead atoms. The van der Waals surface area contributed by atoms with Gasteiger partial charge in [-0.15, -0.1) is 0 Å². The highest BCUT2D eigenvalue weighted by atomic mass is 32.8. The van der Waals surface area contributed by atoms with Crippen LogP contribution in [0.25, 0.3) is 0 Å². The molecule has 0 radical (unpaired) electrons. The van der Waals surface area contributed by atoms with E-state index in [0.29, 0.717) is 48.4 Å². The van der Waals surface area contributed by atoms with E-state index in [1.807, 2.05) is 0 Å². The van der Waals surface area contributed by atoms with Crippen molar-refractivity contribution in [2.75, 3.05) is 36.0 Å². The Labute approximate surface area is 152 Å². The van der Waals surface area contributed by atoms with E-state index >= 15 is 0 Å². The van der Waals surface area contributed by atoms with Gasteiger partial charge in [0.1, 0.15) is 21.8 Å². The number of amides is 2. The average Bonchev–Trinajstić information content (AvgIpc) is 2.62. The number of piperazine rings is 1. The summed E-state index contributed by atoms with van der Waals surface area (Å²) in [5.74, 6) is 0.0616. The Bertz CT molecular complexity index is 686. The summed E-state index contributed by atoms with van der Waals surface area (Å²) in [7, 11) is -1.81. The first-order valence-corrected chi connectivity index (χ1v) is 9.93. The van der Waals surface area contributed by atoms with Crippen LogP contribution in [0.4, 0.5) is 11.5 Å². The number of carbonyl (C=O) groups excluding carboxylic acids is 2. The fourth-order valence-electron chi connectivity index (χ4n) is 2.97. The fraction of sp³-hybridized carbons (Fsp3) is 0.500. The maximum absolute atomic E-state index is 12.6. The predicted molar refractivity (Wildman–Crippen MR) is 95.8 cm³/mol. The lowest BCUT2D eigenvalue weighted by Crippen LogP contribution is -2.52. The quantitative estimate of drug-likeness (QED) is 0.605. The molecule has 2 saturated heterocycles. The minimum absolute atomic E-state index is 0.0220. The molecular formula is C14H19N5O4S2. The zero-order valence-electron chi connectivity index (χ0n) is 13.4. The van der Waals surface area contributed by atoms with E-state index in [4.69, 9.17) is 0 Å². The average molecular weight is 385 g/mol. The van der Waals surface area contributed by atoms with Crippen LogP contribution < -0.4 is 15.1 Å². The molecular weight excluding hydrogens is 366 g/mol. The fourth-order valence-corrected chi connectivity index (χ4v) is 3.70. The number of anilines is 2. The van der Waals surface area contributed by atoms with Crippen molar-refractivity contribution >= 4 is 44.4 Å². The Morgan fingerprint density at radius 1 is 1.32 bits per heavy atom. The van der Waals surface area contributed by atoms with Crippen molar-refractivity contribution in [1.29, 1.82) is 0 Å². The molecule has 11 heteroatoms. The molecule has 2 aliphatic rings. The molecule has 0 saturated carbocycles. The molecule has 2 atom stereocenters. The SMILES string of the molecule is O=C1CNCCN1c1ccc(N2CCCC(N(O)S(O)=S)C2=O)nc1. The first-order valence-electron chi connectivity index (χ1n) is 7.86. The molecule has 3 heterocycles. The van der Waals surface area contributed by atoms with Gasteiger partial charge in [-0.2, -0.15) is 0 Å². The molecule has 3 N–H and O–H groups in total. The Morgan fingerprint density at radius 3 is 2.76 bits per heavy atom. The summed E-state index contributed by atoms with van der Waals surface area (Å²) < 4.78 is 9.87. The van der Waals surface area contributed by atoms with Crippen LogP contribution in [0.2, 0.25) is 0 Å². The van der Waals surface area contributed by atoms with Crippen LogP contribution in [-0.2, 0) is 30.7 Å². The van der Waals surface area contributed by atoms with Gasteiger partial charge in [0, 0.05) is 19.6 Å². The van der Waals surface area contributed by atoms with Crippen LogP contribution in [0.15, 0.2) is 18.3 Å². The number of carbonyl (C=O) groups is 2. The molecule has 0 spiro atoms. The summed E-state index contributed by atoms with van der Waals surface area (Å²) in [6.07, 6.45) is 2.63. The first kappa shape index (κ1) is 18.3. The molecule has 2 amide bonds. The molecule has 1 aromatic heterocycles. The summed E-state index contributed by atoms with van der Waals surface area (Å²) >= 11 is 4.62. The van der Waals surface area contributed by atoms with Crippen LogP contribution in [0.3, 0.4) is 0 Å². The lowest BCUT2D eigenvalue weighted by molar-refractivity contribution is -0.133. The van der Waals surface area contributed by atoms with Crippen molar-refractivity contribution < 1.29 is 19.3 Å². The van der Waals surface area contributed by atoms with E-state index in [1.54, 1.807) is 23.2 Å². The third kappa shape index (κ3) is 3.86. The monoisotopic (exact) mass is 385 g/mol. The Morgan fingerprint density at radius 2 is 2.12 bits per heavy atom. The van der Waals surface area contributed by atoms with Gasteiger partial charge in [0.05, 0.1) is 18.4 Å². The molecule has 9 nitrogen and oxygen atoms in total. The second kappa shape index (κ2) is 7.81. The van der Waals surface area contributed by atoms with E-state index in [2.05, 4.69) is 21.5 Å². The highest BCUT2D eigenvalue weighted by molar-refractivity contribution is 8.24. The molecule has 1 aromatic rings. The number of hydrogen-bond acceptors (Lipinski definition) is 6. The molecule has 2 unspecified atom stereocenters. The van der Waals surface area contributed by atoms with Crippen molar-refractivity contribution in [2.24, 2.45) is 0 Å². The van der Waals surface area contributed by atoms with Crippen LogP contribution in [-0.4, -0.2) is 63.2 Å². The van der Waals surface area contributed by atoms with Crippen LogP contribution in [0.5, 0.6) is 0 Å². The van der Waals surface area contributed by atoms with Crippen molar-refractivity contribution in [3.63, 3.8) is 0 Å². The number of hydroxylamine groups is 1. The molecule has 0 aromatic carbocycles. The number of hydrogen-bond donors (Lipinski definition) is 3. The van der Waals surface area contributed by atoms with Crippen LogP contribution in [0, 0.1) is 0 Å². The van der Waals surface area contributed by atoms with Gasteiger partial charge in [-0.25, -0.2) is 4.98 Å². The van der Waals surface area contributed by atoms with Crippen molar-refractivity contribution in [1.82, 2.24) is 14.8 Å². The maximum Gasteiger partial charge on any atom is 0.249 e. The Balaban J connectivity index is 1.76. The van der Waals surface area contributed by atoms with Crippen LogP contribution in [0.1, 0.15) is 12.8 Å². The lowest BCUT2D eigenvalue weighted by atomic mass is 10.1. The Hall–Kier alpha value is -1.50. The molecule has 2 fully saturated rings. The summed E-state index contributed by atoms with van der Waals surface area (Å²) in [4.78, 5) is 31.9. The van der Waals surface area contributed by atoms with E-state index in [9.17, 15) is 19.3 Å². The number of nitrogens with one attached hydrogen (secondary N) is 1. The predicted octanol–water partition coefficient (Wildman–Crippen LogP) is -0.327. The van der Waals surface area contributed by atoms with Crippen molar-refractivity contribution in [2.45, 2.75) is 18.9 Å². The zero-order chi connectivity index (χ0) is 18.0. The molecule has 25 heavy (non-hydrogen) atoms. The third-order valence-corrected chi connectivity index (χ3v) is 5.28. The van der Waals surface area contributed by atoms with Gasteiger partial charge in [-0.05, 0) is 36.2 Å². The van der Waals surface area contributed by atoms with Gasteiger partial charge >= 0.3 is 0 Å². The summed E-state index contributed by atoms with van der Waals surface area (Å²) in [6.45, 7) is 2.06. The summed E-state index contributed by atoms with van der Waals surface area (Å²) in [5, 5.41) is 12.8. The second-order valence-corrected chi connectivity index (χ2v) is 7.51. The number of nitrogens with zero attached hydrogens (tertiary/aromatic N) is 4. The van der Waals surface area contributed by atoms with Gasteiger partial charge in [-0.1, -0.05) is 4.47 Å². The smallest absolute Gasteiger partial charge is 0.249 e. The number of pyridine rings is 1. The molecule has 3 rings (SSSR count). The second-order valence-electron chi connectivity index (χ2n) is 5.78. The Kier molecular flexibility index (Phi) is 5.71. The molecule has 2 aliphatic heterocycles. The standard InChI is InChI=1S/C14H19N5O4S2/c20-13-9-15-5-7-17(13)10-3-4-12(16-8-10)18-6-1-2-11(14(18)21)19(22)25(23)24/h3-4,8,11,15,22H,1-2,5-7,9H2,(H,23,24). The van der Waals surface area contributed by atoms with E-state index in [0.717, 1.165) is 6.54 Å². The van der Waals surface area contributed by atoms with Gasteiger partial charge in [-0.3, -0.25) is 14.5 Å². The van der Waals surface area contributed by atoms with Crippen molar-refractivity contribution in [3.05, 3.63) is 18.3 Å². The lowest BCUT2D eigenvalue weighted by Gasteiger charge is -2.34. The first-order chi connectivity index (χ1) is 12.0. The van der Waals surface area contributed by atoms with E-state index < -0.39 is 16.0 Å². The van der Waals surface area contributed by atoms with Gasteiger partial charge < -0.3 is 20.0 Å². The zero-order valence-corrected chi connectivity index (χ0v) is 15.0. The maximum atomic E-state index is 12.6. The summed E-state index contributed by atoms with van der Waals surface area (Å²) in [6, 6.07) is 2.55. The minimum Gasteiger partial charge on any atom is -0.314 e. The van der Waals surface area contributed by atoms with E-state index in [-0.39, 0.29) is 11.8 Å². The largest absolute Gasteiger partial charge is 0.314 e. The van der Waals surface area contributed by atoms with E-state index in [1.165, 1.54) is 4.90 Å². The van der Waals surface area contributed by atoms with Crippen molar-refractivity contribution in [3.8, 4) is 0 Å². The highest BCUT2D eigenvalue weighted by Gasteiger charge is 2.35. The number of piperidine rings is 1. The molecule has 0 aliphatic carbocycles. The van der Waals surface area contributed by atoms with Gasteiger partial charge in [0.25, 0.3) is 0 Å². The normalized spacial score (nSPS) is 23.2. The summed E-state index contributed by atoms with van der Waals surface area (Å²) in [5.41, 5.74) is 0.683.